The second kappa shape index (κ2) is 9.20. The van der Waals surface area contributed by atoms with Gasteiger partial charge in [0.05, 0.1) is 22.8 Å². The van der Waals surface area contributed by atoms with Crippen LogP contribution in [0, 0.1) is 10.1 Å². The Balaban J connectivity index is 1.46. The Morgan fingerprint density at radius 3 is 2.52 bits per heavy atom. The number of nitrogens with two attached hydrogens (primary N) is 1. The molecule has 172 valence electrons. The topological polar surface area (TPSA) is 142 Å². The molecule has 3 atom stereocenters. The lowest BCUT2D eigenvalue weighted by atomic mass is 9.94. The van der Waals surface area contributed by atoms with Crippen molar-refractivity contribution in [1.82, 2.24) is 4.90 Å². The first kappa shape index (κ1) is 22.7. The first-order valence-electron chi connectivity index (χ1n) is 10.1. The third kappa shape index (κ3) is 4.55. The lowest BCUT2D eigenvalue weighted by Gasteiger charge is -2.32. The van der Waals surface area contributed by atoms with E-state index in [0.717, 1.165) is 11.8 Å². The van der Waals surface area contributed by atoms with Crippen molar-refractivity contribution in [3.63, 3.8) is 0 Å². The van der Waals surface area contributed by atoms with E-state index in [-0.39, 0.29) is 43.1 Å². The molecule has 11 heteroatoms. The summed E-state index contributed by atoms with van der Waals surface area (Å²) < 4.78 is 9.50. The summed E-state index contributed by atoms with van der Waals surface area (Å²) in [6, 6.07) is 13.1. The fraction of sp³-hybridized carbons (Fsp3) is 0.318. The Kier molecular flexibility index (Phi) is 6.34. The van der Waals surface area contributed by atoms with Crippen molar-refractivity contribution in [2.45, 2.75) is 29.2 Å². The molecule has 2 aliphatic rings. The minimum atomic E-state index is -1.46. The number of Topliss-reactive ketones (excluding diaryl/α,β-unsaturated/α-hetero) is 1. The van der Waals surface area contributed by atoms with Gasteiger partial charge in [0.1, 0.15) is 19.0 Å². The standard InChI is InChI=1S/C22H21N3O7S/c23-20(17(26)12-31-16-4-2-1-3-5-16)22(13-24-18(27)10-19(24)33-22)21(28)32-11-14-6-8-15(9-7-14)25(29)30/h1-9,19-20H,10-13,23H2/t19-,20?,22?/m1/s1. The van der Waals surface area contributed by atoms with Crippen molar-refractivity contribution in [2.75, 3.05) is 13.2 Å². The van der Waals surface area contributed by atoms with Gasteiger partial charge in [-0.2, -0.15) is 0 Å². The molecule has 0 aromatic heterocycles. The number of carbonyl (C=O) groups excluding carboxylic acids is 3. The molecule has 2 aromatic rings. The number of hydrogen-bond acceptors (Lipinski definition) is 9. The predicted octanol–water partition coefficient (Wildman–Crippen LogP) is 1.66. The molecule has 0 bridgehead atoms. The molecule has 1 amide bonds. The Morgan fingerprint density at radius 1 is 1.21 bits per heavy atom. The maximum Gasteiger partial charge on any atom is 0.326 e. The number of amides is 1. The van der Waals surface area contributed by atoms with E-state index in [4.69, 9.17) is 15.2 Å². The molecule has 4 rings (SSSR count). The molecular formula is C22H21N3O7S. The van der Waals surface area contributed by atoms with Crippen LogP contribution in [0.1, 0.15) is 12.0 Å². The van der Waals surface area contributed by atoms with Crippen LogP contribution in [0.25, 0.3) is 0 Å². The molecule has 2 unspecified atom stereocenters. The van der Waals surface area contributed by atoms with Crippen LogP contribution in [0.5, 0.6) is 5.75 Å². The number of ether oxygens (including phenoxy) is 2. The zero-order chi connectivity index (χ0) is 23.6. The van der Waals surface area contributed by atoms with Crippen molar-refractivity contribution in [3.8, 4) is 5.75 Å². The fourth-order valence-corrected chi connectivity index (χ4v) is 5.35. The van der Waals surface area contributed by atoms with Gasteiger partial charge in [-0.1, -0.05) is 18.2 Å². The highest BCUT2D eigenvalue weighted by molar-refractivity contribution is 8.02. The molecule has 0 saturated carbocycles. The van der Waals surface area contributed by atoms with Gasteiger partial charge in [0.25, 0.3) is 5.69 Å². The van der Waals surface area contributed by atoms with E-state index in [1.807, 2.05) is 6.07 Å². The maximum absolute atomic E-state index is 13.2. The van der Waals surface area contributed by atoms with Gasteiger partial charge in [-0.05, 0) is 29.8 Å². The number of para-hydroxylation sites is 1. The summed E-state index contributed by atoms with van der Waals surface area (Å²) in [5.74, 6) is -0.828. The summed E-state index contributed by atoms with van der Waals surface area (Å²) in [5, 5.41) is 10.6. The van der Waals surface area contributed by atoms with E-state index >= 15 is 0 Å². The average Bonchev–Trinajstić information content (AvgIpc) is 3.15. The van der Waals surface area contributed by atoms with Gasteiger partial charge in [0.2, 0.25) is 5.91 Å². The summed E-state index contributed by atoms with van der Waals surface area (Å²) in [6.07, 6.45) is 0.267. The van der Waals surface area contributed by atoms with Crippen LogP contribution in [0.4, 0.5) is 5.69 Å². The van der Waals surface area contributed by atoms with Crippen LogP contribution in [0.3, 0.4) is 0 Å². The summed E-state index contributed by atoms with van der Waals surface area (Å²) in [6.45, 7) is -0.514. The van der Waals surface area contributed by atoms with Gasteiger partial charge in [-0.15, -0.1) is 11.8 Å². The number of nitro groups is 1. The van der Waals surface area contributed by atoms with Crippen LogP contribution in [0.15, 0.2) is 54.6 Å². The molecule has 10 nitrogen and oxygen atoms in total. The number of thioether (sulfide) groups is 1. The Bertz CT molecular complexity index is 1080. The summed E-state index contributed by atoms with van der Waals surface area (Å²) >= 11 is 1.16. The monoisotopic (exact) mass is 471 g/mol. The molecule has 0 aliphatic carbocycles. The number of rotatable bonds is 9. The zero-order valence-corrected chi connectivity index (χ0v) is 18.2. The first-order valence-corrected chi connectivity index (χ1v) is 11.0. The minimum absolute atomic E-state index is 0.0293. The largest absolute Gasteiger partial charge is 0.486 e. The second-order valence-electron chi connectivity index (χ2n) is 7.73. The normalized spacial score (nSPS) is 22.2. The highest BCUT2D eigenvalue weighted by Gasteiger charge is 2.61. The molecule has 2 heterocycles. The fourth-order valence-electron chi connectivity index (χ4n) is 3.67. The van der Waals surface area contributed by atoms with Gasteiger partial charge in [0.15, 0.2) is 10.5 Å². The number of benzene rings is 2. The van der Waals surface area contributed by atoms with Gasteiger partial charge in [-0.25, -0.2) is 0 Å². The molecule has 0 radical (unpaired) electrons. The van der Waals surface area contributed by atoms with Gasteiger partial charge >= 0.3 is 5.97 Å². The highest BCUT2D eigenvalue weighted by Crippen LogP contribution is 2.49. The third-order valence-corrected chi connectivity index (χ3v) is 7.27. The third-order valence-electron chi connectivity index (χ3n) is 5.60. The number of fused-ring (bicyclic) bond motifs is 1. The SMILES string of the molecule is NC(C(=O)COc1ccccc1)C1(C(=O)OCc2ccc([N+](=O)[O-])cc2)CN2C(=O)C[C@H]2S1. The van der Waals surface area contributed by atoms with Crippen LogP contribution >= 0.6 is 11.8 Å². The predicted molar refractivity (Wildman–Crippen MR) is 118 cm³/mol. The Labute approximate surface area is 193 Å². The van der Waals surface area contributed by atoms with Crippen molar-refractivity contribution < 1.29 is 28.8 Å². The molecule has 2 aliphatic heterocycles. The van der Waals surface area contributed by atoms with E-state index in [2.05, 4.69) is 0 Å². The lowest BCUT2D eigenvalue weighted by Crippen LogP contribution is -2.59. The molecule has 0 spiro atoms. The van der Waals surface area contributed by atoms with Crippen LogP contribution < -0.4 is 10.5 Å². The number of non-ortho nitro benzene ring substituents is 1. The second-order valence-corrected chi connectivity index (χ2v) is 9.24. The van der Waals surface area contributed by atoms with E-state index in [1.54, 1.807) is 24.3 Å². The minimum Gasteiger partial charge on any atom is -0.486 e. The smallest absolute Gasteiger partial charge is 0.326 e. The van der Waals surface area contributed by atoms with E-state index < -0.39 is 27.5 Å². The number of ketones is 1. The van der Waals surface area contributed by atoms with E-state index in [0.29, 0.717) is 11.3 Å². The van der Waals surface area contributed by atoms with Gasteiger partial charge in [0, 0.05) is 18.7 Å². The number of nitro benzene ring substituents is 1. The molecule has 2 aromatic carbocycles. The Hall–Kier alpha value is -3.44. The van der Waals surface area contributed by atoms with Crippen molar-refractivity contribution in [1.29, 1.82) is 0 Å². The highest BCUT2D eigenvalue weighted by atomic mass is 32.2. The summed E-state index contributed by atoms with van der Waals surface area (Å²) in [7, 11) is 0. The zero-order valence-electron chi connectivity index (χ0n) is 17.4. The van der Waals surface area contributed by atoms with Crippen molar-refractivity contribution in [3.05, 3.63) is 70.3 Å². The molecule has 2 N–H and O–H groups in total. The van der Waals surface area contributed by atoms with Crippen LogP contribution in [-0.2, 0) is 25.7 Å². The number of hydrogen-bond donors (Lipinski definition) is 1. The number of β-lactam (4-membered cyclic amide) rings is 1. The van der Waals surface area contributed by atoms with E-state index in [9.17, 15) is 24.5 Å². The van der Waals surface area contributed by atoms with Crippen molar-refractivity contribution in [2.24, 2.45) is 5.73 Å². The first-order chi connectivity index (χ1) is 15.8. The van der Waals surface area contributed by atoms with Gasteiger partial charge in [-0.3, -0.25) is 24.5 Å². The Morgan fingerprint density at radius 2 is 1.91 bits per heavy atom. The number of carbonyl (C=O) groups is 3. The molecule has 2 saturated heterocycles. The summed E-state index contributed by atoms with van der Waals surface area (Å²) in [4.78, 5) is 49.8. The van der Waals surface area contributed by atoms with Crippen molar-refractivity contribution >= 4 is 35.1 Å². The summed E-state index contributed by atoms with van der Waals surface area (Å²) in [5.41, 5.74) is 6.74. The number of esters is 1. The quantitative estimate of drug-likeness (QED) is 0.250. The maximum atomic E-state index is 13.2. The van der Waals surface area contributed by atoms with Crippen LogP contribution in [-0.4, -0.2) is 56.8 Å². The molecular weight excluding hydrogens is 450 g/mol. The number of nitrogens with zero attached hydrogens (tertiary/aromatic N) is 2. The molecule has 2 fully saturated rings. The van der Waals surface area contributed by atoms with Gasteiger partial charge < -0.3 is 20.1 Å². The molecule has 33 heavy (non-hydrogen) atoms. The van der Waals surface area contributed by atoms with Crippen LogP contribution in [0.2, 0.25) is 0 Å². The lowest BCUT2D eigenvalue weighted by molar-refractivity contribution is -0.384. The average molecular weight is 471 g/mol. The van der Waals surface area contributed by atoms with E-state index in [1.165, 1.54) is 29.2 Å².